The molecule has 2 fully saturated rings. The molecule has 0 bridgehead atoms. The van der Waals surface area contributed by atoms with Crippen molar-refractivity contribution < 1.29 is 14.7 Å². The van der Waals surface area contributed by atoms with Gasteiger partial charge in [0, 0.05) is 19.3 Å². The van der Waals surface area contributed by atoms with Crippen molar-refractivity contribution in [3.63, 3.8) is 0 Å². The Morgan fingerprint density at radius 1 is 1.36 bits per heavy atom. The average molecular weight is 196 g/mol. The van der Waals surface area contributed by atoms with Crippen molar-refractivity contribution in [2.45, 2.75) is 45.1 Å². The molecular weight excluding hydrogens is 180 g/mol. The van der Waals surface area contributed by atoms with Gasteiger partial charge in [0.2, 0.25) is 0 Å². The molecule has 3 atom stereocenters. The van der Waals surface area contributed by atoms with E-state index in [1.807, 2.05) is 6.92 Å². The van der Waals surface area contributed by atoms with E-state index in [4.69, 9.17) is 0 Å². The zero-order valence-corrected chi connectivity index (χ0v) is 8.45. The SMILES string of the molecule is C[C@@]12C(=O)CCC[C@@H]1CC(=O)C[C@H]2O. The molecule has 3 heteroatoms. The van der Waals surface area contributed by atoms with E-state index in [1.165, 1.54) is 0 Å². The second-order valence-electron chi connectivity index (χ2n) is 4.76. The topological polar surface area (TPSA) is 54.4 Å². The maximum atomic E-state index is 11.8. The molecule has 3 nitrogen and oxygen atoms in total. The van der Waals surface area contributed by atoms with Crippen molar-refractivity contribution in [1.82, 2.24) is 0 Å². The molecule has 2 aliphatic carbocycles. The number of ketones is 2. The largest absolute Gasteiger partial charge is 0.392 e. The predicted octanol–water partition coefficient (Wildman–Crippen LogP) is 1.09. The van der Waals surface area contributed by atoms with Crippen LogP contribution in [0.5, 0.6) is 0 Å². The number of hydrogen-bond acceptors (Lipinski definition) is 3. The van der Waals surface area contributed by atoms with Gasteiger partial charge in [-0.1, -0.05) is 0 Å². The van der Waals surface area contributed by atoms with Gasteiger partial charge in [-0.25, -0.2) is 0 Å². The summed E-state index contributed by atoms with van der Waals surface area (Å²) >= 11 is 0. The van der Waals surface area contributed by atoms with E-state index in [0.717, 1.165) is 12.8 Å². The van der Waals surface area contributed by atoms with Crippen LogP contribution in [0.15, 0.2) is 0 Å². The lowest BCUT2D eigenvalue weighted by Gasteiger charge is -2.46. The lowest BCUT2D eigenvalue weighted by atomic mass is 9.58. The Hall–Kier alpha value is -0.700. The maximum absolute atomic E-state index is 11.8. The Bertz CT molecular complexity index is 284. The highest BCUT2D eigenvalue weighted by molar-refractivity contribution is 5.90. The monoisotopic (exact) mass is 196 g/mol. The average Bonchev–Trinajstić information content (AvgIpc) is 2.11. The summed E-state index contributed by atoms with van der Waals surface area (Å²) < 4.78 is 0. The number of carbonyl (C=O) groups is 2. The molecule has 0 amide bonds. The quantitative estimate of drug-likeness (QED) is 0.631. The van der Waals surface area contributed by atoms with Crippen molar-refractivity contribution in [2.75, 3.05) is 0 Å². The standard InChI is InChI=1S/C11H16O3/c1-11-7(3-2-4-9(11)13)5-8(12)6-10(11)14/h7,10,14H,2-6H2,1H3/t7-,10-,11+/m1/s1. The number of aliphatic hydroxyl groups excluding tert-OH is 1. The van der Waals surface area contributed by atoms with E-state index >= 15 is 0 Å². The zero-order valence-electron chi connectivity index (χ0n) is 8.45. The van der Waals surface area contributed by atoms with Gasteiger partial charge >= 0.3 is 0 Å². The van der Waals surface area contributed by atoms with Gasteiger partial charge in [-0.05, 0) is 25.7 Å². The first-order chi connectivity index (χ1) is 6.55. The molecule has 0 heterocycles. The molecule has 0 radical (unpaired) electrons. The van der Waals surface area contributed by atoms with Crippen LogP contribution in [-0.4, -0.2) is 22.8 Å². The summed E-state index contributed by atoms with van der Waals surface area (Å²) in [6, 6.07) is 0. The van der Waals surface area contributed by atoms with Gasteiger partial charge in [0.1, 0.15) is 11.6 Å². The van der Waals surface area contributed by atoms with Crippen LogP contribution in [0, 0.1) is 11.3 Å². The fourth-order valence-electron chi connectivity index (χ4n) is 2.86. The molecule has 14 heavy (non-hydrogen) atoms. The Morgan fingerprint density at radius 2 is 2.07 bits per heavy atom. The fraction of sp³-hybridized carbons (Fsp3) is 0.818. The van der Waals surface area contributed by atoms with Crippen LogP contribution in [-0.2, 0) is 9.59 Å². The van der Waals surface area contributed by atoms with E-state index in [-0.39, 0.29) is 23.9 Å². The molecule has 78 valence electrons. The molecule has 2 saturated carbocycles. The molecule has 2 aliphatic rings. The second kappa shape index (κ2) is 3.16. The summed E-state index contributed by atoms with van der Waals surface area (Å²) in [5.41, 5.74) is -0.633. The smallest absolute Gasteiger partial charge is 0.141 e. The summed E-state index contributed by atoms with van der Waals surface area (Å²) in [5, 5.41) is 9.86. The lowest BCUT2D eigenvalue weighted by molar-refractivity contribution is -0.153. The van der Waals surface area contributed by atoms with Crippen LogP contribution in [0.1, 0.15) is 39.0 Å². The molecular formula is C11H16O3. The van der Waals surface area contributed by atoms with Gasteiger partial charge in [-0.3, -0.25) is 9.59 Å². The van der Waals surface area contributed by atoms with E-state index in [0.29, 0.717) is 12.8 Å². The third-order valence-electron chi connectivity index (χ3n) is 3.99. The first kappa shape index (κ1) is 9.84. The third kappa shape index (κ3) is 1.22. The second-order valence-corrected chi connectivity index (χ2v) is 4.76. The minimum absolute atomic E-state index is 0.0833. The molecule has 0 saturated heterocycles. The molecule has 1 N–H and O–H groups in total. The van der Waals surface area contributed by atoms with Gasteiger partial charge in [-0.15, -0.1) is 0 Å². The maximum Gasteiger partial charge on any atom is 0.141 e. The molecule has 0 aromatic carbocycles. The lowest BCUT2D eigenvalue weighted by Crippen LogP contribution is -2.52. The van der Waals surface area contributed by atoms with Crippen LogP contribution in [0.3, 0.4) is 0 Å². The normalized spacial score (nSPS) is 43.6. The summed E-state index contributed by atoms with van der Waals surface area (Å²) in [5.74, 6) is 0.337. The van der Waals surface area contributed by atoms with Gasteiger partial charge in [-0.2, -0.15) is 0 Å². The number of aliphatic hydroxyl groups is 1. The zero-order chi connectivity index (χ0) is 10.3. The van der Waals surface area contributed by atoms with E-state index in [2.05, 4.69) is 0 Å². The van der Waals surface area contributed by atoms with Gasteiger partial charge in [0.05, 0.1) is 11.5 Å². The van der Waals surface area contributed by atoms with Crippen molar-refractivity contribution in [3.8, 4) is 0 Å². The Labute approximate surface area is 83.5 Å². The Balaban J connectivity index is 2.31. The number of hydrogen-bond donors (Lipinski definition) is 1. The highest BCUT2D eigenvalue weighted by atomic mass is 16.3. The summed E-state index contributed by atoms with van der Waals surface area (Å²) in [4.78, 5) is 23.1. The van der Waals surface area contributed by atoms with Crippen molar-refractivity contribution >= 4 is 11.6 Å². The van der Waals surface area contributed by atoms with E-state index < -0.39 is 11.5 Å². The first-order valence-electron chi connectivity index (χ1n) is 5.28. The molecule has 0 spiro atoms. The highest BCUT2D eigenvalue weighted by Crippen LogP contribution is 2.47. The van der Waals surface area contributed by atoms with E-state index in [9.17, 15) is 14.7 Å². The molecule has 0 unspecified atom stereocenters. The minimum atomic E-state index is -0.749. The summed E-state index contributed by atoms with van der Waals surface area (Å²) in [6.45, 7) is 1.83. The van der Waals surface area contributed by atoms with Gasteiger partial charge < -0.3 is 5.11 Å². The van der Waals surface area contributed by atoms with Gasteiger partial charge in [0.25, 0.3) is 0 Å². The highest BCUT2D eigenvalue weighted by Gasteiger charge is 2.52. The van der Waals surface area contributed by atoms with Crippen LogP contribution >= 0.6 is 0 Å². The molecule has 0 aromatic rings. The number of fused-ring (bicyclic) bond motifs is 1. The minimum Gasteiger partial charge on any atom is -0.392 e. The predicted molar refractivity (Wildman–Crippen MR) is 50.7 cm³/mol. The van der Waals surface area contributed by atoms with Crippen molar-refractivity contribution in [1.29, 1.82) is 0 Å². The van der Waals surface area contributed by atoms with Crippen LogP contribution in [0.4, 0.5) is 0 Å². The molecule has 0 aliphatic heterocycles. The molecule has 2 rings (SSSR count). The van der Waals surface area contributed by atoms with Crippen molar-refractivity contribution in [3.05, 3.63) is 0 Å². The summed E-state index contributed by atoms with van der Waals surface area (Å²) in [6.07, 6.45) is 2.25. The van der Waals surface area contributed by atoms with Crippen LogP contribution < -0.4 is 0 Å². The third-order valence-corrected chi connectivity index (χ3v) is 3.99. The van der Waals surface area contributed by atoms with Crippen LogP contribution in [0.2, 0.25) is 0 Å². The molecule has 0 aromatic heterocycles. The number of Topliss-reactive ketones (excluding diaryl/α,β-unsaturated/α-hetero) is 2. The number of carbonyl (C=O) groups excluding carboxylic acids is 2. The summed E-state index contributed by atoms with van der Waals surface area (Å²) in [7, 11) is 0. The first-order valence-corrected chi connectivity index (χ1v) is 5.28. The van der Waals surface area contributed by atoms with E-state index in [1.54, 1.807) is 0 Å². The fourth-order valence-corrected chi connectivity index (χ4v) is 2.86. The number of rotatable bonds is 0. The van der Waals surface area contributed by atoms with Crippen LogP contribution in [0.25, 0.3) is 0 Å². The Morgan fingerprint density at radius 3 is 2.79 bits per heavy atom. The van der Waals surface area contributed by atoms with Gasteiger partial charge in [0.15, 0.2) is 0 Å². The van der Waals surface area contributed by atoms with Crippen molar-refractivity contribution in [2.24, 2.45) is 11.3 Å². The Kier molecular flexibility index (Phi) is 2.22.